The zero-order valence-corrected chi connectivity index (χ0v) is 19.5. The number of carboxylic acid groups (broad SMARTS) is 1. The van der Waals surface area contributed by atoms with Crippen molar-refractivity contribution in [1.82, 2.24) is 4.90 Å². The third-order valence-electron chi connectivity index (χ3n) is 6.29. The van der Waals surface area contributed by atoms with Crippen molar-refractivity contribution in [1.29, 1.82) is 0 Å². The molecule has 0 spiro atoms. The lowest BCUT2D eigenvalue weighted by molar-refractivity contribution is -0.137. The van der Waals surface area contributed by atoms with Gasteiger partial charge in [0.1, 0.15) is 6.61 Å². The number of ketones is 2. The molecule has 0 fully saturated rings. The van der Waals surface area contributed by atoms with Crippen LogP contribution < -0.4 is 4.74 Å². The second kappa shape index (κ2) is 9.62. The maximum atomic E-state index is 13.2. The summed E-state index contributed by atoms with van der Waals surface area (Å²) in [5, 5.41) is 9.77. The van der Waals surface area contributed by atoms with Crippen LogP contribution >= 0.6 is 23.2 Å². The topological polar surface area (TPSA) is 83.9 Å². The minimum Gasteiger partial charge on any atom is -0.481 e. The van der Waals surface area contributed by atoms with Gasteiger partial charge in [0, 0.05) is 47.8 Å². The first-order valence-corrected chi connectivity index (χ1v) is 11.7. The second-order valence-electron chi connectivity index (χ2n) is 8.31. The first-order valence-electron chi connectivity index (χ1n) is 10.9. The summed E-state index contributed by atoms with van der Waals surface area (Å²) in [4.78, 5) is 39.6. The van der Waals surface area contributed by atoms with Crippen LogP contribution in [0.4, 0.5) is 0 Å². The zero-order chi connectivity index (χ0) is 23.7. The fraction of sp³-hybridized carbons (Fsp3) is 0.400. The fourth-order valence-corrected chi connectivity index (χ4v) is 5.64. The molecule has 0 saturated carbocycles. The van der Waals surface area contributed by atoms with Crippen molar-refractivity contribution in [3.63, 3.8) is 0 Å². The Morgan fingerprint density at radius 1 is 1.06 bits per heavy atom. The van der Waals surface area contributed by atoms with Crippen LogP contribution in [0.5, 0.6) is 5.75 Å². The number of hydrogen-bond acceptors (Lipinski definition) is 5. The van der Waals surface area contributed by atoms with Gasteiger partial charge in [-0.15, -0.1) is 6.42 Å². The summed E-state index contributed by atoms with van der Waals surface area (Å²) in [5.41, 5.74) is 3.35. The van der Waals surface area contributed by atoms with Crippen molar-refractivity contribution in [2.75, 3.05) is 13.2 Å². The van der Waals surface area contributed by atoms with Gasteiger partial charge in [-0.1, -0.05) is 29.1 Å². The summed E-state index contributed by atoms with van der Waals surface area (Å²) in [6.07, 6.45) is 8.60. The number of carbonyl (C=O) groups excluding carboxylic acids is 2. The molecule has 1 heterocycles. The summed E-state index contributed by atoms with van der Waals surface area (Å²) in [5.74, 6) is 1.04. The third kappa shape index (κ3) is 4.40. The Labute approximate surface area is 202 Å². The van der Waals surface area contributed by atoms with Crippen LogP contribution in [0.3, 0.4) is 0 Å². The summed E-state index contributed by atoms with van der Waals surface area (Å²) >= 11 is 12.9. The Morgan fingerprint density at radius 2 is 1.61 bits per heavy atom. The van der Waals surface area contributed by atoms with E-state index in [0.29, 0.717) is 55.2 Å². The number of benzene rings is 1. The lowest BCUT2D eigenvalue weighted by Gasteiger charge is -2.44. The normalized spacial score (nSPS) is 18.8. The number of ether oxygens (including phenoxy) is 1. The molecule has 33 heavy (non-hydrogen) atoms. The summed E-state index contributed by atoms with van der Waals surface area (Å²) in [6.45, 7) is 0.225. The van der Waals surface area contributed by atoms with Gasteiger partial charge in [0.05, 0.1) is 16.5 Å². The van der Waals surface area contributed by atoms with Crippen LogP contribution in [0.15, 0.2) is 34.7 Å². The lowest BCUT2D eigenvalue weighted by atomic mass is 9.71. The van der Waals surface area contributed by atoms with Crippen molar-refractivity contribution in [3.8, 4) is 18.1 Å². The largest absolute Gasteiger partial charge is 0.481 e. The SMILES string of the molecule is C#CCOc1c(Cl)cc(C2C3=C(CCCC3=O)N(CCC(=O)O)C3=C2C(=O)CCC3)cc1Cl. The molecule has 4 rings (SSSR count). The number of carboxylic acids is 1. The molecule has 1 N–H and O–H groups in total. The molecule has 172 valence electrons. The number of rotatable bonds is 6. The molecule has 0 bridgehead atoms. The summed E-state index contributed by atoms with van der Waals surface area (Å²) < 4.78 is 5.46. The molecule has 0 saturated heterocycles. The highest BCUT2D eigenvalue weighted by molar-refractivity contribution is 6.37. The van der Waals surface area contributed by atoms with E-state index in [-0.39, 0.29) is 46.9 Å². The molecule has 2 aliphatic carbocycles. The minimum absolute atomic E-state index is 0.00231. The van der Waals surface area contributed by atoms with Crippen molar-refractivity contribution in [2.45, 2.75) is 50.9 Å². The summed E-state index contributed by atoms with van der Waals surface area (Å²) in [6, 6.07) is 3.35. The number of halogens is 2. The molecule has 0 atom stereocenters. The van der Waals surface area contributed by atoms with Crippen molar-refractivity contribution < 1.29 is 24.2 Å². The predicted octanol–water partition coefficient (Wildman–Crippen LogP) is 4.89. The average molecular weight is 488 g/mol. The van der Waals surface area contributed by atoms with E-state index in [1.807, 2.05) is 4.90 Å². The molecule has 1 aromatic carbocycles. The second-order valence-corrected chi connectivity index (χ2v) is 9.12. The highest BCUT2D eigenvalue weighted by Crippen LogP contribution is 2.50. The number of terminal acetylenes is 1. The first kappa shape index (κ1) is 23.4. The Hall–Kier alpha value is -2.75. The fourth-order valence-electron chi connectivity index (χ4n) is 5.03. The number of aliphatic carboxylic acids is 1. The number of hydrogen-bond donors (Lipinski definition) is 1. The molecule has 1 aromatic rings. The van der Waals surface area contributed by atoms with E-state index in [0.717, 1.165) is 11.4 Å². The first-order chi connectivity index (χ1) is 15.8. The van der Waals surface area contributed by atoms with E-state index in [1.54, 1.807) is 12.1 Å². The van der Waals surface area contributed by atoms with Gasteiger partial charge in [0.25, 0.3) is 0 Å². The third-order valence-corrected chi connectivity index (χ3v) is 6.85. The van der Waals surface area contributed by atoms with Gasteiger partial charge < -0.3 is 14.7 Å². The van der Waals surface area contributed by atoms with Crippen molar-refractivity contribution in [3.05, 3.63) is 50.3 Å². The molecular weight excluding hydrogens is 465 g/mol. The van der Waals surface area contributed by atoms with Gasteiger partial charge in [0.15, 0.2) is 17.3 Å². The number of Topliss-reactive ketones (excluding diaryl/α,β-unsaturated/α-hetero) is 2. The Kier molecular flexibility index (Phi) is 6.83. The lowest BCUT2D eigenvalue weighted by Crippen LogP contribution is -2.39. The van der Waals surface area contributed by atoms with E-state index in [1.165, 1.54) is 0 Å². The predicted molar refractivity (Wildman–Crippen MR) is 124 cm³/mol. The van der Waals surface area contributed by atoms with E-state index >= 15 is 0 Å². The van der Waals surface area contributed by atoms with Gasteiger partial charge in [-0.2, -0.15) is 0 Å². The molecule has 0 radical (unpaired) electrons. The van der Waals surface area contributed by atoms with Gasteiger partial charge in [-0.25, -0.2) is 0 Å². The smallest absolute Gasteiger partial charge is 0.305 e. The van der Waals surface area contributed by atoms with Gasteiger partial charge in [0.2, 0.25) is 0 Å². The van der Waals surface area contributed by atoms with Crippen LogP contribution in [-0.4, -0.2) is 40.7 Å². The van der Waals surface area contributed by atoms with Gasteiger partial charge in [-0.3, -0.25) is 14.4 Å². The molecular formula is C25H23Cl2NO5. The van der Waals surface area contributed by atoms with E-state index in [9.17, 15) is 19.5 Å². The molecule has 0 unspecified atom stereocenters. The molecule has 1 aliphatic heterocycles. The number of nitrogens with zero attached hydrogens (tertiary/aromatic N) is 1. The van der Waals surface area contributed by atoms with Crippen LogP contribution in [-0.2, 0) is 14.4 Å². The van der Waals surface area contributed by atoms with E-state index in [2.05, 4.69) is 5.92 Å². The highest BCUT2D eigenvalue weighted by atomic mass is 35.5. The Balaban J connectivity index is 1.89. The number of carbonyl (C=O) groups is 3. The maximum absolute atomic E-state index is 13.2. The summed E-state index contributed by atoms with van der Waals surface area (Å²) in [7, 11) is 0. The number of allylic oxidation sites excluding steroid dienone is 4. The Morgan fingerprint density at radius 3 is 2.09 bits per heavy atom. The molecule has 6 nitrogen and oxygen atoms in total. The average Bonchev–Trinajstić information content (AvgIpc) is 2.76. The Bertz CT molecular complexity index is 1080. The van der Waals surface area contributed by atoms with Crippen LogP contribution in [0.2, 0.25) is 10.0 Å². The monoisotopic (exact) mass is 487 g/mol. The van der Waals surface area contributed by atoms with Crippen molar-refractivity contribution >= 4 is 40.7 Å². The molecule has 0 amide bonds. The van der Waals surface area contributed by atoms with E-state index < -0.39 is 11.9 Å². The molecule has 0 aromatic heterocycles. The molecule has 8 heteroatoms. The molecule has 3 aliphatic rings. The van der Waals surface area contributed by atoms with Gasteiger partial charge >= 0.3 is 5.97 Å². The zero-order valence-electron chi connectivity index (χ0n) is 18.0. The quantitative estimate of drug-likeness (QED) is 0.574. The van der Waals surface area contributed by atoms with Gasteiger partial charge in [-0.05, 0) is 43.4 Å². The minimum atomic E-state index is -0.924. The van der Waals surface area contributed by atoms with Crippen molar-refractivity contribution in [2.24, 2.45) is 0 Å². The van der Waals surface area contributed by atoms with Crippen LogP contribution in [0.1, 0.15) is 56.4 Å². The van der Waals surface area contributed by atoms with Crippen LogP contribution in [0.25, 0.3) is 0 Å². The maximum Gasteiger partial charge on any atom is 0.305 e. The van der Waals surface area contributed by atoms with E-state index in [4.69, 9.17) is 34.4 Å². The van der Waals surface area contributed by atoms with Crippen LogP contribution in [0, 0.1) is 12.3 Å². The standard InChI is InChI=1S/C25H23Cl2NO5/c1-2-11-33-25-15(26)12-14(13-16(25)27)22-23-17(5-3-7-19(23)29)28(10-9-21(31)32)18-6-4-8-20(30)24(18)22/h1,12-13,22H,3-11H2,(H,31,32). The highest BCUT2D eigenvalue weighted by Gasteiger charge is 2.43.